The number of hydrogen-bond donors (Lipinski definition) is 4. The van der Waals surface area contributed by atoms with Crippen LogP contribution in [-0.4, -0.2) is 89.9 Å². The Kier molecular flexibility index (Phi) is 8.74. The Hall–Kier alpha value is -2.68. The number of aromatic nitrogens is 4. The molecule has 2 aromatic rings. The minimum Gasteiger partial charge on any atom is -0.464 e. The maximum Gasteiger partial charge on any atom is 0.408 e. The highest BCUT2D eigenvalue weighted by molar-refractivity contribution is 7.99. The summed E-state index contributed by atoms with van der Waals surface area (Å²) in [4.78, 5) is 36.6. The number of hydrogen-bond acceptors (Lipinski definition) is 12. The molecule has 1 fully saturated rings. The normalized spacial score (nSPS) is 23.3. The molecule has 13 nitrogen and oxygen atoms in total. The van der Waals surface area contributed by atoms with Crippen LogP contribution in [0.25, 0.3) is 11.2 Å². The molecule has 35 heavy (non-hydrogen) atoms. The van der Waals surface area contributed by atoms with E-state index >= 15 is 0 Å². The van der Waals surface area contributed by atoms with Crippen molar-refractivity contribution in [1.82, 2.24) is 24.8 Å². The minimum atomic E-state index is -1.21. The number of alkyl carbamates (subject to hydrolysis) is 1. The van der Waals surface area contributed by atoms with Gasteiger partial charge in [-0.2, -0.15) is 11.8 Å². The molecular formula is C21H32N6O7S. The number of anilines is 1. The van der Waals surface area contributed by atoms with E-state index in [1.54, 1.807) is 27.7 Å². The predicted octanol–water partition coefficient (Wildman–Crippen LogP) is 0.607. The van der Waals surface area contributed by atoms with Crippen LogP contribution in [0, 0.1) is 0 Å². The highest BCUT2D eigenvalue weighted by Gasteiger charge is 2.44. The highest BCUT2D eigenvalue weighted by atomic mass is 32.2. The Morgan fingerprint density at radius 1 is 1.29 bits per heavy atom. The SMILES string of the molecule is CCOC(=O)[C@H](CCSC[C@H]1O[C@@H](n2cnc3c(N)ncnc32)[C@H](O)[C@@H]1O)NC(=O)OC(C)(C)C. The summed E-state index contributed by atoms with van der Waals surface area (Å²) in [6.07, 6.45) is -1.67. The third-order valence-electron chi connectivity index (χ3n) is 5.09. The third kappa shape index (κ3) is 6.72. The van der Waals surface area contributed by atoms with Gasteiger partial charge in [-0.1, -0.05) is 0 Å². The highest BCUT2D eigenvalue weighted by Crippen LogP contribution is 2.33. The fraction of sp³-hybridized carbons (Fsp3) is 0.667. The summed E-state index contributed by atoms with van der Waals surface area (Å²) in [5.74, 6) is 0.426. The first-order chi connectivity index (χ1) is 16.5. The molecule has 0 unspecified atom stereocenters. The molecule has 1 aliphatic rings. The maximum atomic E-state index is 12.3. The second-order valence-corrected chi connectivity index (χ2v) is 10.1. The number of nitrogens with one attached hydrogen (secondary N) is 1. The van der Waals surface area contributed by atoms with Crippen LogP contribution in [0.15, 0.2) is 12.7 Å². The average Bonchev–Trinajstić information content (AvgIpc) is 3.32. The zero-order valence-corrected chi connectivity index (χ0v) is 20.9. The van der Waals surface area contributed by atoms with Crippen molar-refractivity contribution in [2.24, 2.45) is 0 Å². The molecule has 0 radical (unpaired) electrons. The number of nitrogens with zero attached hydrogens (tertiary/aromatic N) is 4. The number of aliphatic hydroxyl groups excluding tert-OH is 2. The van der Waals surface area contributed by atoms with Gasteiger partial charge >= 0.3 is 12.1 Å². The van der Waals surface area contributed by atoms with E-state index in [1.807, 2.05) is 0 Å². The zero-order chi connectivity index (χ0) is 25.8. The van der Waals surface area contributed by atoms with Crippen LogP contribution in [0.4, 0.5) is 10.6 Å². The standard InChI is InChI=1S/C21H32N6O7S/c1-5-32-19(30)11(26-20(31)34-21(2,3)4)6-7-35-8-12-14(28)15(29)18(33-12)27-10-25-13-16(22)23-9-24-17(13)27/h9-12,14-15,18,28-29H,5-8H2,1-4H3,(H,26,31)(H2,22,23,24)/t11-,12+,14+,15+,18+/m0/s1. The molecule has 3 heterocycles. The van der Waals surface area contributed by atoms with Gasteiger partial charge in [0.05, 0.1) is 19.0 Å². The molecule has 14 heteroatoms. The van der Waals surface area contributed by atoms with E-state index in [2.05, 4.69) is 20.3 Å². The monoisotopic (exact) mass is 512 g/mol. The molecule has 2 aromatic heterocycles. The molecule has 3 rings (SSSR count). The molecule has 0 aromatic carbocycles. The lowest BCUT2D eigenvalue weighted by Crippen LogP contribution is -2.44. The van der Waals surface area contributed by atoms with E-state index in [0.29, 0.717) is 22.7 Å². The van der Waals surface area contributed by atoms with Crippen LogP contribution >= 0.6 is 11.8 Å². The summed E-state index contributed by atoms with van der Waals surface area (Å²) in [5.41, 5.74) is 5.86. The lowest BCUT2D eigenvalue weighted by Gasteiger charge is -2.23. The van der Waals surface area contributed by atoms with Gasteiger partial charge in [0.1, 0.15) is 35.7 Å². The molecule has 0 aliphatic carbocycles. The summed E-state index contributed by atoms with van der Waals surface area (Å²) in [7, 11) is 0. The lowest BCUT2D eigenvalue weighted by atomic mass is 10.1. The first-order valence-corrected chi connectivity index (χ1v) is 12.4. The van der Waals surface area contributed by atoms with Crippen molar-refractivity contribution >= 4 is 40.8 Å². The number of ether oxygens (including phenoxy) is 3. The number of aliphatic hydroxyl groups is 2. The van der Waals surface area contributed by atoms with Crippen molar-refractivity contribution in [1.29, 1.82) is 0 Å². The molecule has 5 atom stereocenters. The van der Waals surface area contributed by atoms with Gasteiger partial charge in [-0.15, -0.1) is 0 Å². The van der Waals surface area contributed by atoms with Crippen molar-refractivity contribution in [2.75, 3.05) is 23.8 Å². The van der Waals surface area contributed by atoms with Gasteiger partial charge in [-0.3, -0.25) is 4.57 Å². The van der Waals surface area contributed by atoms with Gasteiger partial charge in [0.25, 0.3) is 0 Å². The summed E-state index contributed by atoms with van der Waals surface area (Å²) >= 11 is 1.40. The number of nitrogen functional groups attached to an aromatic ring is 1. The van der Waals surface area contributed by atoms with E-state index in [4.69, 9.17) is 19.9 Å². The van der Waals surface area contributed by atoms with Gasteiger partial charge < -0.3 is 35.5 Å². The van der Waals surface area contributed by atoms with E-state index in [-0.39, 0.29) is 18.8 Å². The summed E-state index contributed by atoms with van der Waals surface area (Å²) in [6, 6.07) is -0.882. The Morgan fingerprint density at radius 2 is 2.03 bits per heavy atom. The van der Waals surface area contributed by atoms with E-state index < -0.39 is 48.2 Å². The maximum absolute atomic E-state index is 12.3. The molecule has 1 amide bonds. The number of nitrogens with two attached hydrogens (primary N) is 1. The van der Waals surface area contributed by atoms with Crippen LogP contribution < -0.4 is 11.1 Å². The summed E-state index contributed by atoms with van der Waals surface area (Å²) in [6.45, 7) is 7.04. The number of fused-ring (bicyclic) bond motifs is 1. The van der Waals surface area contributed by atoms with Crippen molar-refractivity contribution in [3.8, 4) is 0 Å². The second kappa shape index (κ2) is 11.4. The molecule has 5 N–H and O–H groups in total. The van der Waals surface area contributed by atoms with E-state index in [0.717, 1.165) is 0 Å². The number of imidazole rings is 1. The topological polar surface area (TPSA) is 184 Å². The largest absolute Gasteiger partial charge is 0.464 e. The van der Waals surface area contributed by atoms with Gasteiger partial charge in [0, 0.05) is 5.75 Å². The van der Waals surface area contributed by atoms with E-state index in [9.17, 15) is 19.8 Å². The van der Waals surface area contributed by atoms with Crippen LogP contribution in [-0.2, 0) is 19.0 Å². The lowest BCUT2D eigenvalue weighted by molar-refractivity contribution is -0.145. The average molecular weight is 513 g/mol. The Labute approximate surface area is 206 Å². The Morgan fingerprint density at radius 3 is 2.71 bits per heavy atom. The minimum absolute atomic E-state index is 0.180. The predicted molar refractivity (Wildman–Crippen MR) is 127 cm³/mol. The summed E-state index contributed by atoms with van der Waals surface area (Å²) < 4.78 is 17.7. The second-order valence-electron chi connectivity index (χ2n) is 8.94. The van der Waals surface area contributed by atoms with Crippen LogP contribution in [0.2, 0.25) is 0 Å². The fourth-order valence-corrected chi connectivity index (χ4v) is 4.57. The molecule has 0 bridgehead atoms. The smallest absolute Gasteiger partial charge is 0.408 e. The van der Waals surface area contributed by atoms with Gasteiger partial charge in [0.2, 0.25) is 0 Å². The number of carbonyl (C=O) groups excluding carboxylic acids is 2. The van der Waals surface area contributed by atoms with Crippen LogP contribution in [0.1, 0.15) is 40.3 Å². The molecular weight excluding hydrogens is 480 g/mol. The van der Waals surface area contributed by atoms with Crippen molar-refractivity contribution < 1.29 is 34.0 Å². The van der Waals surface area contributed by atoms with Crippen molar-refractivity contribution in [2.45, 2.75) is 70.3 Å². The quantitative estimate of drug-likeness (QED) is 0.271. The molecule has 1 saturated heterocycles. The number of esters is 1. The first-order valence-electron chi connectivity index (χ1n) is 11.2. The molecule has 0 saturated carbocycles. The van der Waals surface area contributed by atoms with Gasteiger partial charge in [0.15, 0.2) is 17.7 Å². The molecule has 1 aliphatic heterocycles. The fourth-order valence-electron chi connectivity index (χ4n) is 3.50. The number of thioether (sulfide) groups is 1. The Balaban J connectivity index is 1.55. The van der Waals surface area contributed by atoms with E-state index in [1.165, 1.54) is 29.0 Å². The van der Waals surface area contributed by atoms with Crippen LogP contribution in [0.5, 0.6) is 0 Å². The van der Waals surface area contributed by atoms with Crippen molar-refractivity contribution in [3.05, 3.63) is 12.7 Å². The van der Waals surface area contributed by atoms with Crippen LogP contribution in [0.3, 0.4) is 0 Å². The first kappa shape index (κ1) is 26.9. The number of carbonyl (C=O) groups is 2. The third-order valence-corrected chi connectivity index (χ3v) is 6.18. The molecule has 0 spiro atoms. The van der Waals surface area contributed by atoms with Gasteiger partial charge in [-0.25, -0.2) is 24.5 Å². The Bertz CT molecular complexity index is 1030. The van der Waals surface area contributed by atoms with Crippen molar-refractivity contribution in [3.63, 3.8) is 0 Å². The zero-order valence-electron chi connectivity index (χ0n) is 20.1. The number of amides is 1. The summed E-state index contributed by atoms with van der Waals surface area (Å²) in [5, 5.41) is 23.6. The number of rotatable bonds is 9. The van der Waals surface area contributed by atoms with Gasteiger partial charge in [-0.05, 0) is 39.9 Å². The molecule has 194 valence electrons.